The highest BCUT2D eigenvalue weighted by atomic mass is 16.4. The zero-order valence-electron chi connectivity index (χ0n) is 10.3. The summed E-state index contributed by atoms with van der Waals surface area (Å²) in [6, 6.07) is 0. The third kappa shape index (κ3) is 1.11. The topological polar surface area (TPSA) is 37.3 Å². The quantitative estimate of drug-likeness (QED) is 0.779. The van der Waals surface area contributed by atoms with E-state index in [9.17, 15) is 4.79 Å². The molecular formula is C14H22O2. The number of carboxylic acids is 1. The van der Waals surface area contributed by atoms with E-state index in [2.05, 4.69) is 13.8 Å². The van der Waals surface area contributed by atoms with Crippen molar-refractivity contribution < 1.29 is 9.90 Å². The van der Waals surface area contributed by atoms with Crippen LogP contribution in [0.3, 0.4) is 0 Å². The van der Waals surface area contributed by atoms with E-state index in [1.54, 1.807) is 0 Å². The van der Waals surface area contributed by atoms with E-state index < -0.39 is 5.97 Å². The summed E-state index contributed by atoms with van der Waals surface area (Å²) in [6.07, 6.45) is 5.74. The van der Waals surface area contributed by atoms with Crippen molar-refractivity contribution in [3.05, 3.63) is 0 Å². The minimum Gasteiger partial charge on any atom is -0.481 e. The van der Waals surface area contributed by atoms with Crippen LogP contribution < -0.4 is 0 Å². The average molecular weight is 222 g/mol. The Hall–Kier alpha value is -0.530. The molecule has 0 aromatic rings. The fraction of sp³-hybridized carbons (Fsp3) is 0.929. The third-order valence-electron chi connectivity index (χ3n) is 6.38. The lowest BCUT2D eigenvalue weighted by Gasteiger charge is -2.59. The lowest BCUT2D eigenvalue weighted by molar-refractivity contribution is -0.153. The third-order valence-corrected chi connectivity index (χ3v) is 6.38. The second kappa shape index (κ2) is 3.24. The monoisotopic (exact) mass is 222 g/mol. The minimum atomic E-state index is -0.589. The molecule has 2 heteroatoms. The number of carbonyl (C=O) groups is 1. The Kier molecular flexibility index (Phi) is 2.15. The Morgan fingerprint density at radius 3 is 2.81 bits per heavy atom. The van der Waals surface area contributed by atoms with Crippen LogP contribution in [0.4, 0.5) is 0 Å². The van der Waals surface area contributed by atoms with E-state index in [1.807, 2.05) is 0 Å². The van der Waals surface area contributed by atoms with Crippen molar-refractivity contribution in [1.82, 2.24) is 0 Å². The van der Waals surface area contributed by atoms with Gasteiger partial charge >= 0.3 is 5.97 Å². The molecule has 0 aliphatic heterocycles. The van der Waals surface area contributed by atoms with Gasteiger partial charge in [0.05, 0.1) is 0 Å². The molecule has 3 aliphatic carbocycles. The number of carboxylic acid groups (broad SMARTS) is 1. The van der Waals surface area contributed by atoms with Crippen molar-refractivity contribution in [3.63, 3.8) is 0 Å². The van der Waals surface area contributed by atoms with Gasteiger partial charge in [0.1, 0.15) is 0 Å². The normalized spacial score (nSPS) is 54.2. The van der Waals surface area contributed by atoms with Crippen LogP contribution in [0.2, 0.25) is 0 Å². The van der Waals surface area contributed by atoms with Gasteiger partial charge in [0.2, 0.25) is 0 Å². The van der Waals surface area contributed by atoms with Gasteiger partial charge in [0.15, 0.2) is 0 Å². The van der Waals surface area contributed by atoms with E-state index in [4.69, 9.17) is 5.11 Å². The molecule has 2 bridgehead atoms. The van der Waals surface area contributed by atoms with Gasteiger partial charge in [0, 0.05) is 6.42 Å². The lowest BCUT2D eigenvalue weighted by Crippen LogP contribution is -2.55. The van der Waals surface area contributed by atoms with Gasteiger partial charge in [-0.25, -0.2) is 0 Å². The maximum Gasteiger partial charge on any atom is 0.303 e. The fourth-order valence-electron chi connectivity index (χ4n) is 5.48. The molecule has 0 aromatic carbocycles. The SMILES string of the molecule is CC1C2CCCC3C(CC(=O)O)C(C2)C13C. The van der Waals surface area contributed by atoms with Crippen molar-refractivity contribution in [3.8, 4) is 0 Å². The molecule has 3 rings (SSSR count). The smallest absolute Gasteiger partial charge is 0.303 e. The Labute approximate surface area is 97.4 Å². The zero-order valence-corrected chi connectivity index (χ0v) is 10.3. The average Bonchev–Trinajstić information content (AvgIpc) is 2.32. The van der Waals surface area contributed by atoms with Crippen LogP contribution in [0, 0.1) is 35.0 Å². The summed E-state index contributed by atoms with van der Waals surface area (Å²) in [5.41, 5.74) is 0.487. The van der Waals surface area contributed by atoms with Crippen LogP contribution in [0.5, 0.6) is 0 Å². The molecule has 3 aliphatic rings. The Morgan fingerprint density at radius 1 is 1.38 bits per heavy atom. The minimum absolute atomic E-state index is 0.421. The summed E-state index contributed by atoms with van der Waals surface area (Å²) in [4.78, 5) is 10.9. The first-order chi connectivity index (χ1) is 7.55. The predicted octanol–water partition coefficient (Wildman–Crippen LogP) is 3.17. The van der Waals surface area contributed by atoms with Crippen molar-refractivity contribution in [1.29, 1.82) is 0 Å². The van der Waals surface area contributed by atoms with Gasteiger partial charge in [-0.1, -0.05) is 26.7 Å². The summed E-state index contributed by atoms with van der Waals surface area (Å²) < 4.78 is 0. The molecule has 0 aromatic heterocycles. The summed E-state index contributed by atoms with van der Waals surface area (Å²) in [6.45, 7) is 4.86. The van der Waals surface area contributed by atoms with Gasteiger partial charge in [-0.2, -0.15) is 0 Å². The van der Waals surface area contributed by atoms with Crippen molar-refractivity contribution >= 4 is 5.97 Å². The Balaban J connectivity index is 1.88. The lowest BCUT2D eigenvalue weighted by atomic mass is 9.45. The number of fused-ring (bicyclic) bond motifs is 1. The molecule has 1 N–H and O–H groups in total. The molecule has 2 nitrogen and oxygen atoms in total. The largest absolute Gasteiger partial charge is 0.481 e. The highest BCUT2D eigenvalue weighted by Gasteiger charge is 2.66. The number of hydrogen-bond acceptors (Lipinski definition) is 1. The summed E-state index contributed by atoms with van der Waals surface area (Å²) in [5, 5.41) is 9.02. The van der Waals surface area contributed by atoms with Crippen molar-refractivity contribution in [2.24, 2.45) is 35.0 Å². The molecule has 0 amide bonds. The predicted molar refractivity (Wildman–Crippen MR) is 62.0 cm³/mol. The standard InChI is InChI=1S/C14H22O2/c1-8-9-4-3-5-11-10(7-13(15)16)12(6-9)14(8,11)2/h8-12H,3-7H2,1-2H3,(H,15,16). The highest BCUT2D eigenvalue weighted by Crippen LogP contribution is 2.72. The van der Waals surface area contributed by atoms with Crippen LogP contribution in [-0.4, -0.2) is 11.1 Å². The molecule has 0 saturated heterocycles. The number of aliphatic carboxylic acids is 1. The maximum atomic E-state index is 10.9. The van der Waals surface area contributed by atoms with Crippen molar-refractivity contribution in [2.75, 3.05) is 0 Å². The van der Waals surface area contributed by atoms with Crippen LogP contribution in [0.1, 0.15) is 46.0 Å². The molecular weight excluding hydrogens is 200 g/mol. The van der Waals surface area contributed by atoms with Crippen molar-refractivity contribution in [2.45, 2.75) is 46.0 Å². The number of hydrogen-bond donors (Lipinski definition) is 1. The van der Waals surface area contributed by atoms with Crippen LogP contribution in [-0.2, 0) is 4.79 Å². The second-order valence-corrected chi connectivity index (χ2v) is 6.56. The van der Waals surface area contributed by atoms with E-state index >= 15 is 0 Å². The molecule has 16 heavy (non-hydrogen) atoms. The van der Waals surface area contributed by atoms with Crippen LogP contribution >= 0.6 is 0 Å². The first kappa shape index (κ1) is 10.6. The van der Waals surface area contributed by atoms with Gasteiger partial charge in [-0.05, 0) is 47.8 Å². The molecule has 3 fully saturated rings. The fourth-order valence-corrected chi connectivity index (χ4v) is 5.48. The molecule has 6 atom stereocenters. The molecule has 0 radical (unpaired) electrons. The maximum absolute atomic E-state index is 10.9. The molecule has 0 heterocycles. The van der Waals surface area contributed by atoms with E-state index in [1.165, 1.54) is 25.7 Å². The van der Waals surface area contributed by atoms with E-state index in [-0.39, 0.29) is 0 Å². The van der Waals surface area contributed by atoms with Crippen LogP contribution in [0.25, 0.3) is 0 Å². The van der Waals surface area contributed by atoms with Gasteiger partial charge in [0.25, 0.3) is 0 Å². The van der Waals surface area contributed by atoms with Crippen LogP contribution in [0.15, 0.2) is 0 Å². The molecule has 0 spiro atoms. The Bertz CT molecular complexity index is 325. The summed E-state index contributed by atoms with van der Waals surface area (Å²) >= 11 is 0. The van der Waals surface area contributed by atoms with E-state index in [0.717, 1.165) is 11.8 Å². The summed E-state index contributed by atoms with van der Waals surface area (Å²) in [5.74, 6) is 3.04. The number of rotatable bonds is 2. The van der Waals surface area contributed by atoms with Gasteiger partial charge in [-0.15, -0.1) is 0 Å². The first-order valence-corrected chi connectivity index (χ1v) is 6.77. The first-order valence-electron chi connectivity index (χ1n) is 6.77. The van der Waals surface area contributed by atoms with Gasteiger partial charge < -0.3 is 5.11 Å². The zero-order chi connectivity index (χ0) is 11.5. The summed E-state index contributed by atoms with van der Waals surface area (Å²) in [7, 11) is 0. The van der Waals surface area contributed by atoms with Gasteiger partial charge in [-0.3, -0.25) is 4.79 Å². The molecule has 3 saturated carbocycles. The molecule has 6 unspecified atom stereocenters. The second-order valence-electron chi connectivity index (χ2n) is 6.56. The molecule has 90 valence electrons. The van der Waals surface area contributed by atoms with E-state index in [0.29, 0.717) is 29.6 Å². The highest BCUT2D eigenvalue weighted by molar-refractivity contribution is 5.67. The Morgan fingerprint density at radius 2 is 2.12 bits per heavy atom.